The molecular weight excluding hydrogens is 288 g/mol. The zero-order valence-electron chi connectivity index (χ0n) is 13.1. The molecule has 0 aliphatic carbocycles. The monoisotopic (exact) mass is 314 g/mol. The van der Waals surface area contributed by atoms with Gasteiger partial charge in [-0.25, -0.2) is 9.98 Å². The fourth-order valence-electron chi connectivity index (χ4n) is 1.48. The Morgan fingerprint density at radius 3 is 2.70 bits per heavy atom. The minimum absolute atomic E-state index is 0.484. The summed E-state index contributed by atoms with van der Waals surface area (Å²) in [6.45, 7) is 11.0. The highest BCUT2D eigenvalue weighted by Crippen LogP contribution is 2.18. The van der Waals surface area contributed by atoms with E-state index in [0.29, 0.717) is 17.7 Å². The van der Waals surface area contributed by atoms with Gasteiger partial charge in [0.25, 0.3) is 0 Å². The van der Waals surface area contributed by atoms with Crippen LogP contribution in [0.1, 0.15) is 44.3 Å². The van der Waals surface area contributed by atoms with Gasteiger partial charge in [-0.3, -0.25) is 0 Å². The largest absolute Gasteiger partial charge is 0.357 e. The van der Waals surface area contributed by atoms with Crippen molar-refractivity contribution < 1.29 is 0 Å². The molecule has 0 spiro atoms. The van der Waals surface area contributed by atoms with Crippen molar-refractivity contribution in [2.24, 2.45) is 4.99 Å². The smallest absolute Gasteiger partial charge is 0.191 e. The van der Waals surface area contributed by atoms with Crippen molar-refractivity contribution in [1.82, 2.24) is 15.6 Å². The van der Waals surface area contributed by atoms with E-state index in [2.05, 4.69) is 59.9 Å². The first-order valence-electron chi connectivity index (χ1n) is 7.06. The molecule has 0 radical (unpaired) electrons. The molecule has 0 aromatic carbocycles. The lowest BCUT2D eigenvalue weighted by molar-refractivity contribution is 0.790. The molecule has 1 rings (SSSR count). The number of thiazole rings is 1. The maximum Gasteiger partial charge on any atom is 0.191 e. The molecule has 1 heterocycles. The number of nitrogens with one attached hydrogen (secondary N) is 2. The second kappa shape index (κ2) is 9.23. The van der Waals surface area contributed by atoms with E-state index in [1.807, 2.05) is 11.8 Å². The Balaban J connectivity index is 2.56. The van der Waals surface area contributed by atoms with Crippen molar-refractivity contribution in [2.45, 2.75) is 45.4 Å². The number of thioether (sulfide) groups is 1. The molecule has 0 saturated carbocycles. The van der Waals surface area contributed by atoms with Crippen LogP contribution in [0.2, 0.25) is 0 Å². The first-order chi connectivity index (χ1) is 9.56. The first kappa shape index (κ1) is 17.3. The summed E-state index contributed by atoms with van der Waals surface area (Å²) in [4.78, 5) is 9.20. The summed E-state index contributed by atoms with van der Waals surface area (Å²) in [5.74, 6) is 1.35. The molecule has 4 nitrogen and oxygen atoms in total. The summed E-state index contributed by atoms with van der Waals surface area (Å²) in [6.07, 6.45) is 2.12. The predicted octanol–water partition coefficient (Wildman–Crippen LogP) is 3.07. The van der Waals surface area contributed by atoms with E-state index in [1.54, 1.807) is 11.3 Å². The number of aliphatic imine (C=N–C) groups is 1. The third kappa shape index (κ3) is 6.13. The summed E-state index contributed by atoms with van der Waals surface area (Å²) in [6, 6.07) is 0. The highest BCUT2D eigenvalue weighted by Gasteiger charge is 2.06. The Bertz CT molecular complexity index is 415. The number of guanidine groups is 1. The first-order valence-corrected chi connectivity index (χ1v) is 9.22. The third-order valence-electron chi connectivity index (χ3n) is 2.84. The van der Waals surface area contributed by atoms with Gasteiger partial charge in [-0.15, -0.1) is 11.3 Å². The van der Waals surface area contributed by atoms with Crippen molar-refractivity contribution in [1.29, 1.82) is 0 Å². The minimum atomic E-state index is 0.484. The summed E-state index contributed by atoms with van der Waals surface area (Å²) in [5.41, 5.74) is 1.16. The van der Waals surface area contributed by atoms with Crippen molar-refractivity contribution >= 4 is 29.1 Å². The van der Waals surface area contributed by atoms with Crippen molar-refractivity contribution in [3.8, 4) is 0 Å². The highest BCUT2D eigenvalue weighted by atomic mass is 32.2. The molecule has 0 aliphatic rings. The lowest BCUT2D eigenvalue weighted by Gasteiger charge is -2.13. The Morgan fingerprint density at radius 1 is 1.40 bits per heavy atom. The fourth-order valence-corrected chi connectivity index (χ4v) is 2.60. The molecule has 1 aromatic rings. The molecule has 114 valence electrons. The topological polar surface area (TPSA) is 49.3 Å². The zero-order chi connectivity index (χ0) is 15.0. The van der Waals surface area contributed by atoms with Gasteiger partial charge in [-0.05, 0) is 19.1 Å². The number of hydrogen-bond acceptors (Lipinski definition) is 4. The summed E-state index contributed by atoms with van der Waals surface area (Å²) >= 11 is 3.54. The zero-order valence-corrected chi connectivity index (χ0v) is 14.7. The van der Waals surface area contributed by atoms with Crippen LogP contribution in [0.5, 0.6) is 0 Å². The fraction of sp³-hybridized carbons (Fsp3) is 0.714. The average Bonchev–Trinajstić information content (AvgIpc) is 2.90. The van der Waals surface area contributed by atoms with Crippen LogP contribution < -0.4 is 10.6 Å². The van der Waals surface area contributed by atoms with E-state index in [-0.39, 0.29) is 0 Å². The summed E-state index contributed by atoms with van der Waals surface area (Å²) < 4.78 is 0. The Labute approximate surface area is 130 Å². The molecule has 1 aromatic heterocycles. The highest BCUT2D eigenvalue weighted by molar-refractivity contribution is 7.99. The van der Waals surface area contributed by atoms with Gasteiger partial charge in [0.2, 0.25) is 0 Å². The summed E-state index contributed by atoms with van der Waals surface area (Å²) in [7, 11) is 0. The van der Waals surface area contributed by atoms with Gasteiger partial charge in [-0.2, -0.15) is 11.8 Å². The van der Waals surface area contributed by atoms with E-state index in [0.717, 1.165) is 29.8 Å². The van der Waals surface area contributed by atoms with Crippen LogP contribution in [0.4, 0.5) is 0 Å². The van der Waals surface area contributed by atoms with E-state index >= 15 is 0 Å². The van der Waals surface area contributed by atoms with Gasteiger partial charge in [0, 0.05) is 23.7 Å². The van der Waals surface area contributed by atoms with E-state index < -0.39 is 0 Å². The molecule has 1 unspecified atom stereocenters. The molecule has 1 atom stereocenters. The van der Waals surface area contributed by atoms with Crippen molar-refractivity contribution in [2.75, 3.05) is 19.3 Å². The molecule has 0 aliphatic heterocycles. The SMILES string of the molecule is CCNC(=NCc1nc(C(C)C)cs1)NCC(C)SC. The lowest BCUT2D eigenvalue weighted by Crippen LogP contribution is -2.40. The molecule has 0 bridgehead atoms. The van der Waals surface area contributed by atoms with Crippen LogP contribution >= 0.6 is 23.1 Å². The molecular formula is C14H26N4S2. The van der Waals surface area contributed by atoms with Crippen LogP contribution in [0.25, 0.3) is 0 Å². The Kier molecular flexibility index (Phi) is 7.99. The molecule has 20 heavy (non-hydrogen) atoms. The van der Waals surface area contributed by atoms with Crippen LogP contribution in [-0.2, 0) is 6.54 Å². The summed E-state index contributed by atoms with van der Waals surface area (Å²) in [5, 5.41) is 10.4. The van der Waals surface area contributed by atoms with Gasteiger partial charge in [-0.1, -0.05) is 20.8 Å². The number of rotatable bonds is 7. The molecule has 0 saturated heterocycles. The normalized spacial score (nSPS) is 13.6. The Hall–Kier alpha value is -0.750. The standard InChI is InChI=1S/C14H26N4S2/c1-6-15-14(16-7-11(4)19-5)17-8-13-18-12(9-20-13)10(2)3/h9-11H,6-8H2,1-5H3,(H2,15,16,17). The van der Waals surface area contributed by atoms with Crippen LogP contribution in [-0.4, -0.2) is 35.5 Å². The van der Waals surface area contributed by atoms with Gasteiger partial charge in [0.05, 0.1) is 12.2 Å². The van der Waals surface area contributed by atoms with E-state index in [9.17, 15) is 0 Å². The van der Waals surface area contributed by atoms with Gasteiger partial charge < -0.3 is 10.6 Å². The maximum absolute atomic E-state index is 4.61. The third-order valence-corrected chi connectivity index (χ3v) is 4.66. The van der Waals surface area contributed by atoms with Crippen molar-refractivity contribution in [3.05, 3.63) is 16.1 Å². The lowest BCUT2D eigenvalue weighted by atomic mass is 10.2. The quantitative estimate of drug-likeness (QED) is 0.600. The van der Waals surface area contributed by atoms with Crippen LogP contribution in [0, 0.1) is 0 Å². The maximum atomic E-state index is 4.61. The number of aromatic nitrogens is 1. The molecule has 0 amide bonds. The molecule has 0 fully saturated rings. The molecule has 2 N–H and O–H groups in total. The van der Waals surface area contributed by atoms with Gasteiger partial charge in [0.1, 0.15) is 5.01 Å². The average molecular weight is 315 g/mol. The van der Waals surface area contributed by atoms with Crippen molar-refractivity contribution in [3.63, 3.8) is 0 Å². The molecule has 6 heteroatoms. The Morgan fingerprint density at radius 2 is 2.15 bits per heavy atom. The number of nitrogens with zero attached hydrogens (tertiary/aromatic N) is 2. The van der Waals surface area contributed by atoms with E-state index in [1.165, 1.54) is 0 Å². The second-order valence-electron chi connectivity index (χ2n) is 4.94. The predicted molar refractivity (Wildman–Crippen MR) is 92.0 cm³/mol. The van der Waals surface area contributed by atoms with Crippen LogP contribution in [0.15, 0.2) is 10.4 Å². The van der Waals surface area contributed by atoms with Crippen LogP contribution in [0.3, 0.4) is 0 Å². The van der Waals surface area contributed by atoms with E-state index in [4.69, 9.17) is 0 Å². The number of hydrogen-bond donors (Lipinski definition) is 2. The second-order valence-corrected chi connectivity index (χ2v) is 7.16. The van der Waals surface area contributed by atoms with Gasteiger partial charge >= 0.3 is 0 Å². The van der Waals surface area contributed by atoms with Gasteiger partial charge in [0.15, 0.2) is 5.96 Å². The minimum Gasteiger partial charge on any atom is -0.357 e.